The third-order valence-electron chi connectivity index (χ3n) is 2.43. The van der Waals surface area contributed by atoms with E-state index in [0.29, 0.717) is 6.54 Å². The Morgan fingerprint density at radius 2 is 1.88 bits per heavy atom. The van der Waals surface area contributed by atoms with Gasteiger partial charge in [-0.3, -0.25) is 4.79 Å². The van der Waals surface area contributed by atoms with Crippen LogP contribution in [0.1, 0.15) is 11.1 Å². The fourth-order valence-electron chi connectivity index (χ4n) is 1.49. The number of aliphatic hydroxyl groups is 1. The molecule has 1 N–H and O–H groups in total. The molecular formula is C12H11ClN2O2. The van der Waals surface area contributed by atoms with Crippen molar-refractivity contribution in [2.75, 3.05) is 0 Å². The first-order valence-corrected chi connectivity index (χ1v) is 5.48. The molecule has 0 atom stereocenters. The average Bonchev–Trinajstić information content (AvgIpc) is 2.36. The van der Waals surface area contributed by atoms with E-state index in [1.807, 2.05) is 24.3 Å². The molecule has 1 heterocycles. The minimum Gasteiger partial charge on any atom is -0.392 e. The number of benzene rings is 1. The van der Waals surface area contributed by atoms with Crippen LogP contribution in [0.5, 0.6) is 0 Å². The summed E-state index contributed by atoms with van der Waals surface area (Å²) < 4.78 is 1.49. The van der Waals surface area contributed by atoms with E-state index in [-0.39, 0.29) is 17.3 Å². The van der Waals surface area contributed by atoms with E-state index in [0.717, 1.165) is 11.1 Å². The lowest BCUT2D eigenvalue weighted by Crippen LogP contribution is -2.21. The van der Waals surface area contributed by atoms with Gasteiger partial charge in [-0.25, -0.2) is 4.98 Å². The molecule has 0 amide bonds. The lowest BCUT2D eigenvalue weighted by molar-refractivity contribution is 0.282. The standard InChI is InChI=1S/C12H11ClN2O2/c13-11-12(17)15(6-5-14-11)7-9-1-3-10(8-16)4-2-9/h1-6,16H,7-8H2. The topological polar surface area (TPSA) is 55.1 Å². The van der Waals surface area contributed by atoms with Crippen molar-refractivity contribution in [2.24, 2.45) is 0 Å². The van der Waals surface area contributed by atoms with Crippen molar-refractivity contribution >= 4 is 11.6 Å². The molecule has 1 aromatic heterocycles. The fraction of sp³-hybridized carbons (Fsp3) is 0.167. The van der Waals surface area contributed by atoms with Gasteiger partial charge < -0.3 is 9.67 Å². The van der Waals surface area contributed by atoms with Gasteiger partial charge in [0.15, 0.2) is 5.15 Å². The van der Waals surface area contributed by atoms with Crippen molar-refractivity contribution in [3.63, 3.8) is 0 Å². The van der Waals surface area contributed by atoms with Crippen molar-refractivity contribution in [1.29, 1.82) is 0 Å². The molecule has 88 valence electrons. The van der Waals surface area contributed by atoms with Gasteiger partial charge in [0.25, 0.3) is 5.56 Å². The van der Waals surface area contributed by atoms with Gasteiger partial charge in [0, 0.05) is 12.4 Å². The Bertz CT molecular complexity index is 563. The van der Waals surface area contributed by atoms with Gasteiger partial charge in [-0.05, 0) is 11.1 Å². The van der Waals surface area contributed by atoms with Crippen LogP contribution in [0.15, 0.2) is 41.5 Å². The van der Waals surface area contributed by atoms with Gasteiger partial charge >= 0.3 is 0 Å². The molecule has 0 saturated heterocycles. The molecule has 0 unspecified atom stereocenters. The highest BCUT2D eigenvalue weighted by atomic mass is 35.5. The van der Waals surface area contributed by atoms with Crippen LogP contribution < -0.4 is 5.56 Å². The molecule has 0 bridgehead atoms. The molecule has 1 aromatic carbocycles. The Labute approximate surface area is 103 Å². The van der Waals surface area contributed by atoms with Crippen molar-refractivity contribution in [2.45, 2.75) is 13.2 Å². The predicted octanol–water partition coefficient (Wildman–Crippen LogP) is 1.44. The molecule has 0 saturated carbocycles. The van der Waals surface area contributed by atoms with Crippen molar-refractivity contribution in [3.05, 3.63) is 63.3 Å². The molecule has 2 rings (SSSR count). The first kappa shape index (κ1) is 11.8. The number of halogens is 1. The van der Waals surface area contributed by atoms with Crippen LogP contribution in [0.25, 0.3) is 0 Å². The third kappa shape index (κ3) is 2.72. The third-order valence-corrected chi connectivity index (χ3v) is 2.69. The number of aromatic nitrogens is 2. The molecule has 0 spiro atoms. The zero-order chi connectivity index (χ0) is 12.3. The Hall–Kier alpha value is -1.65. The van der Waals surface area contributed by atoms with E-state index in [1.54, 1.807) is 6.20 Å². The Balaban J connectivity index is 2.25. The SMILES string of the molecule is O=c1c(Cl)nccn1Cc1ccc(CO)cc1. The summed E-state index contributed by atoms with van der Waals surface area (Å²) in [5.74, 6) is 0. The molecule has 0 aliphatic carbocycles. The van der Waals surface area contributed by atoms with Crippen LogP contribution >= 0.6 is 11.6 Å². The summed E-state index contributed by atoms with van der Waals surface area (Å²) in [4.78, 5) is 15.3. The minimum atomic E-state index is -0.305. The number of aliphatic hydroxyl groups excluding tert-OH is 1. The van der Waals surface area contributed by atoms with E-state index in [4.69, 9.17) is 16.7 Å². The molecule has 0 aliphatic heterocycles. The molecule has 17 heavy (non-hydrogen) atoms. The van der Waals surface area contributed by atoms with Gasteiger partial charge in [0.1, 0.15) is 0 Å². The maximum Gasteiger partial charge on any atom is 0.288 e. The van der Waals surface area contributed by atoms with E-state index < -0.39 is 0 Å². The first-order valence-electron chi connectivity index (χ1n) is 5.10. The maximum atomic E-state index is 11.6. The molecule has 0 aliphatic rings. The van der Waals surface area contributed by atoms with Crippen LogP contribution in [0.3, 0.4) is 0 Å². The van der Waals surface area contributed by atoms with E-state index in [9.17, 15) is 4.79 Å². The molecule has 5 heteroatoms. The normalized spacial score (nSPS) is 10.5. The second-order valence-corrected chi connectivity index (χ2v) is 3.98. The lowest BCUT2D eigenvalue weighted by Gasteiger charge is -2.06. The summed E-state index contributed by atoms with van der Waals surface area (Å²) >= 11 is 5.65. The van der Waals surface area contributed by atoms with Gasteiger partial charge in [-0.15, -0.1) is 0 Å². The number of hydrogen-bond acceptors (Lipinski definition) is 3. The van der Waals surface area contributed by atoms with Crippen LogP contribution in [-0.2, 0) is 13.2 Å². The second kappa shape index (κ2) is 5.12. The molecule has 2 aromatic rings. The summed E-state index contributed by atoms with van der Waals surface area (Å²) in [5.41, 5.74) is 1.50. The number of nitrogens with zero attached hydrogens (tertiary/aromatic N) is 2. The summed E-state index contributed by atoms with van der Waals surface area (Å²) in [6.45, 7) is 0.452. The van der Waals surface area contributed by atoms with Crippen LogP contribution in [0, 0.1) is 0 Å². The predicted molar refractivity (Wildman–Crippen MR) is 65.0 cm³/mol. The molecule has 4 nitrogen and oxygen atoms in total. The van der Waals surface area contributed by atoms with Crippen molar-refractivity contribution in [3.8, 4) is 0 Å². The summed E-state index contributed by atoms with van der Waals surface area (Å²) in [6, 6.07) is 7.38. The number of hydrogen-bond donors (Lipinski definition) is 1. The molecular weight excluding hydrogens is 240 g/mol. The van der Waals surface area contributed by atoms with Gasteiger partial charge in [-0.1, -0.05) is 35.9 Å². The smallest absolute Gasteiger partial charge is 0.288 e. The van der Waals surface area contributed by atoms with Crippen LogP contribution in [-0.4, -0.2) is 14.7 Å². The van der Waals surface area contributed by atoms with Gasteiger partial charge in [0.05, 0.1) is 13.2 Å². The van der Waals surface area contributed by atoms with Gasteiger partial charge in [0.2, 0.25) is 0 Å². The summed E-state index contributed by atoms with van der Waals surface area (Å²) in [5, 5.41) is 8.89. The lowest BCUT2D eigenvalue weighted by atomic mass is 10.1. The quantitative estimate of drug-likeness (QED) is 0.897. The highest BCUT2D eigenvalue weighted by molar-refractivity contribution is 6.29. The van der Waals surface area contributed by atoms with Crippen LogP contribution in [0.2, 0.25) is 5.15 Å². The van der Waals surface area contributed by atoms with Crippen LogP contribution in [0.4, 0.5) is 0 Å². The highest BCUT2D eigenvalue weighted by Gasteiger charge is 2.02. The van der Waals surface area contributed by atoms with E-state index in [2.05, 4.69) is 4.98 Å². The minimum absolute atomic E-state index is 0.0152. The summed E-state index contributed by atoms with van der Waals surface area (Å²) in [6.07, 6.45) is 3.08. The largest absolute Gasteiger partial charge is 0.392 e. The monoisotopic (exact) mass is 250 g/mol. The Morgan fingerprint density at radius 3 is 2.53 bits per heavy atom. The zero-order valence-corrected chi connectivity index (χ0v) is 9.76. The van der Waals surface area contributed by atoms with E-state index >= 15 is 0 Å². The van der Waals surface area contributed by atoms with Crippen molar-refractivity contribution in [1.82, 2.24) is 9.55 Å². The Morgan fingerprint density at radius 1 is 1.24 bits per heavy atom. The number of rotatable bonds is 3. The van der Waals surface area contributed by atoms with E-state index in [1.165, 1.54) is 10.8 Å². The highest BCUT2D eigenvalue weighted by Crippen LogP contribution is 2.06. The Kier molecular flexibility index (Phi) is 3.56. The molecule has 0 fully saturated rings. The zero-order valence-electron chi connectivity index (χ0n) is 9.01. The van der Waals surface area contributed by atoms with Gasteiger partial charge in [-0.2, -0.15) is 0 Å². The fourth-order valence-corrected chi connectivity index (χ4v) is 1.66. The van der Waals surface area contributed by atoms with Crippen molar-refractivity contribution < 1.29 is 5.11 Å². The average molecular weight is 251 g/mol. The maximum absolute atomic E-state index is 11.6. The second-order valence-electron chi connectivity index (χ2n) is 3.63. The molecule has 0 radical (unpaired) electrons. The first-order chi connectivity index (χ1) is 8.20. The summed E-state index contributed by atoms with van der Waals surface area (Å²) in [7, 11) is 0.